The SMILES string of the molecule is Cc1ccc(OC2CN(Cc3ccc(C(C)C)cc3)C2)cn1. The molecule has 0 bridgehead atoms. The van der Waals surface area contributed by atoms with Crippen LogP contribution in [0.2, 0.25) is 0 Å². The van der Waals surface area contributed by atoms with E-state index in [-0.39, 0.29) is 0 Å². The minimum absolute atomic E-state index is 0.291. The summed E-state index contributed by atoms with van der Waals surface area (Å²) >= 11 is 0. The van der Waals surface area contributed by atoms with Crippen molar-refractivity contribution in [3.8, 4) is 5.75 Å². The van der Waals surface area contributed by atoms with Gasteiger partial charge in [0.25, 0.3) is 0 Å². The lowest BCUT2D eigenvalue weighted by atomic mass is 10.0. The summed E-state index contributed by atoms with van der Waals surface area (Å²) in [5.41, 5.74) is 3.80. The van der Waals surface area contributed by atoms with E-state index in [1.807, 2.05) is 25.3 Å². The van der Waals surface area contributed by atoms with Crippen molar-refractivity contribution in [1.29, 1.82) is 0 Å². The van der Waals surface area contributed by atoms with Gasteiger partial charge in [-0.05, 0) is 36.1 Å². The van der Waals surface area contributed by atoms with Gasteiger partial charge in [-0.1, -0.05) is 38.1 Å². The maximum Gasteiger partial charge on any atom is 0.138 e. The summed E-state index contributed by atoms with van der Waals surface area (Å²) in [6.07, 6.45) is 2.10. The molecule has 22 heavy (non-hydrogen) atoms. The van der Waals surface area contributed by atoms with Crippen LogP contribution in [0.5, 0.6) is 5.75 Å². The number of nitrogens with zero attached hydrogens (tertiary/aromatic N) is 2. The Kier molecular flexibility index (Phi) is 4.44. The van der Waals surface area contributed by atoms with E-state index < -0.39 is 0 Å². The van der Waals surface area contributed by atoms with Crippen molar-refractivity contribution in [3.05, 3.63) is 59.4 Å². The van der Waals surface area contributed by atoms with Crippen LogP contribution in [0.25, 0.3) is 0 Å². The standard InChI is InChI=1S/C19H24N2O/c1-14(2)17-7-5-16(6-8-17)11-21-12-19(13-21)22-18-9-4-15(3)20-10-18/h4-10,14,19H,11-13H2,1-3H3. The zero-order valence-electron chi connectivity index (χ0n) is 13.6. The van der Waals surface area contributed by atoms with Crippen molar-refractivity contribution in [3.63, 3.8) is 0 Å². The smallest absolute Gasteiger partial charge is 0.138 e. The van der Waals surface area contributed by atoms with Gasteiger partial charge in [0.05, 0.1) is 6.20 Å². The van der Waals surface area contributed by atoms with Gasteiger partial charge < -0.3 is 4.74 Å². The van der Waals surface area contributed by atoms with Crippen LogP contribution in [0.1, 0.15) is 36.6 Å². The molecule has 0 aliphatic carbocycles. The van der Waals surface area contributed by atoms with E-state index >= 15 is 0 Å². The number of likely N-dealkylation sites (tertiary alicyclic amines) is 1. The molecule has 1 aromatic carbocycles. The van der Waals surface area contributed by atoms with Crippen molar-refractivity contribution in [1.82, 2.24) is 9.88 Å². The molecule has 0 unspecified atom stereocenters. The average molecular weight is 296 g/mol. The summed E-state index contributed by atoms with van der Waals surface area (Å²) in [5, 5.41) is 0. The van der Waals surface area contributed by atoms with Crippen LogP contribution in [-0.2, 0) is 6.54 Å². The van der Waals surface area contributed by atoms with Gasteiger partial charge in [0.1, 0.15) is 11.9 Å². The Morgan fingerprint density at radius 1 is 1.14 bits per heavy atom. The van der Waals surface area contributed by atoms with E-state index in [2.05, 4.69) is 48.0 Å². The number of hydrogen-bond donors (Lipinski definition) is 0. The van der Waals surface area contributed by atoms with Gasteiger partial charge in [0.2, 0.25) is 0 Å². The van der Waals surface area contributed by atoms with Crippen molar-refractivity contribution in [2.75, 3.05) is 13.1 Å². The number of benzene rings is 1. The summed E-state index contributed by atoms with van der Waals surface area (Å²) in [4.78, 5) is 6.67. The van der Waals surface area contributed by atoms with E-state index in [0.717, 1.165) is 31.1 Å². The minimum atomic E-state index is 0.291. The highest BCUT2D eigenvalue weighted by Gasteiger charge is 2.28. The van der Waals surface area contributed by atoms with Gasteiger partial charge in [-0.3, -0.25) is 9.88 Å². The quantitative estimate of drug-likeness (QED) is 0.839. The van der Waals surface area contributed by atoms with E-state index in [1.165, 1.54) is 11.1 Å². The molecule has 1 aliphatic rings. The monoisotopic (exact) mass is 296 g/mol. The lowest BCUT2D eigenvalue weighted by Gasteiger charge is -2.39. The molecular formula is C19H24N2O. The molecule has 0 N–H and O–H groups in total. The molecular weight excluding hydrogens is 272 g/mol. The Morgan fingerprint density at radius 2 is 1.86 bits per heavy atom. The summed E-state index contributed by atoms with van der Waals surface area (Å²) in [5.74, 6) is 1.47. The second kappa shape index (κ2) is 6.49. The molecule has 0 radical (unpaired) electrons. The summed E-state index contributed by atoms with van der Waals surface area (Å²) in [6.45, 7) is 9.42. The van der Waals surface area contributed by atoms with Crippen LogP contribution in [0, 0.1) is 6.92 Å². The molecule has 0 amide bonds. The first-order valence-corrected chi connectivity index (χ1v) is 8.00. The zero-order valence-corrected chi connectivity index (χ0v) is 13.6. The molecule has 0 atom stereocenters. The molecule has 3 nitrogen and oxygen atoms in total. The first-order valence-electron chi connectivity index (χ1n) is 8.00. The third kappa shape index (κ3) is 3.66. The van der Waals surface area contributed by atoms with Crippen molar-refractivity contribution < 1.29 is 4.74 Å². The van der Waals surface area contributed by atoms with Crippen molar-refractivity contribution in [2.24, 2.45) is 0 Å². The average Bonchev–Trinajstić information content (AvgIpc) is 2.47. The van der Waals surface area contributed by atoms with Crippen LogP contribution in [0.4, 0.5) is 0 Å². The maximum absolute atomic E-state index is 5.92. The van der Waals surface area contributed by atoms with E-state index in [0.29, 0.717) is 12.0 Å². The molecule has 116 valence electrons. The highest BCUT2D eigenvalue weighted by Crippen LogP contribution is 2.20. The number of hydrogen-bond acceptors (Lipinski definition) is 3. The first kappa shape index (κ1) is 15.0. The van der Waals surface area contributed by atoms with Gasteiger partial charge in [0, 0.05) is 25.3 Å². The van der Waals surface area contributed by atoms with Crippen LogP contribution >= 0.6 is 0 Å². The van der Waals surface area contributed by atoms with Gasteiger partial charge in [-0.25, -0.2) is 0 Å². The van der Waals surface area contributed by atoms with E-state index in [9.17, 15) is 0 Å². The minimum Gasteiger partial charge on any atom is -0.486 e. The molecule has 1 saturated heterocycles. The van der Waals surface area contributed by atoms with Crippen molar-refractivity contribution >= 4 is 0 Å². The molecule has 0 spiro atoms. The van der Waals surface area contributed by atoms with Crippen LogP contribution < -0.4 is 4.74 Å². The molecule has 1 fully saturated rings. The van der Waals surface area contributed by atoms with Crippen LogP contribution in [0.15, 0.2) is 42.6 Å². The predicted octanol–water partition coefficient (Wildman–Crippen LogP) is 3.78. The molecule has 1 aromatic heterocycles. The summed E-state index contributed by atoms with van der Waals surface area (Å²) < 4.78 is 5.92. The third-order valence-electron chi connectivity index (χ3n) is 4.16. The van der Waals surface area contributed by atoms with Gasteiger partial charge in [-0.2, -0.15) is 0 Å². The highest BCUT2D eigenvalue weighted by molar-refractivity contribution is 5.25. The lowest BCUT2D eigenvalue weighted by Crippen LogP contribution is -2.53. The second-order valence-electron chi connectivity index (χ2n) is 6.47. The summed E-state index contributed by atoms with van der Waals surface area (Å²) in [6, 6.07) is 13.0. The largest absolute Gasteiger partial charge is 0.486 e. The Bertz CT molecular complexity index is 598. The molecule has 0 saturated carbocycles. The number of pyridine rings is 1. The molecule has 3 rings (SSSR count). The van der Waals surface area contributed by atoms with Gasteiger partial charge in [-0.15, -0.1) is 0 Å². The van der Waals surface area contributed by atoms with E-state index in [1.54, 1.807) is 0 Å². The van der Waals surface area contributed by atoms with Crippen LogP contribution in [0.3, 0.4) is 0 Å². The first-order chi connectivity index (χ1) is 10.6. The third-order valence-corrected chi connectivity index (χ3v) is 4.16. The number of aryl methyl sites for hydroxylation is 1. The van der Waals surface area contributed by atoms with Gasteiger partial charge in [0.15, 0.2) is 0 Å². The fourth-order valence-corrected chi connectivity index (χ4v) is 2.71. The number of aromatic nitrogens is 1. The molecule has 3 heteroatoms. The molecule has 2 heterocycles. The Hall–Kier alpha value is -1.87. The predicted molar refractivity (Wildman–Crippen MR) is 89.2 cm³/mol. The Balaban J connectivity index is 1.46. The fourth-order valence-electron chi connectivity index (χ4n) is 2.71. The highest BCUT2D eigenvalue weighted by atomic mass is 16.5. The van der Waals surface area contributed by atoms with Crippen molar-refractivity contribution in [2.45, 2.75) is 39.3 Å². The number of rotatable bonds is 5. The normalized spacial score (nSPS) is 15.8. The lowest BCUT2D eigenvalue weighted by molar-refractivity contribution is 0.0143. The fraction of sp³-hybridized carbons (Fsp3) is 0.421. The van der Waals surface area contributed by atoms with E-state index in [4.69, 9.17) is 4.74 Å². The van der Waals surface area contributed by atoms with Crippen LogP contribution in [-0.4, -0.2) is 29.1 Å². The molecule has 1 aliphatic heterocycles. The Labute approximate surface area is 132 Å². The zero-order chi connectivity index (χ0) is 15.5. The summed E-state index contributed by atoms with van der Waals surface area (Å²) in [7, 11) is 0. The second-order valence-corrected chi connectivity index (χ2v) is 6.47. The maximum atomic E-state index is 5.92. The molecule has 2 aromatic rings. The van der Waals surface area contributed by atoms with Gasteiger partial charge >= 0.3 is 0 Å². The number of ether oxygens (including phenoxy) is 1. The topological polar surface area (TPSA) is 25.4 Å². The Morgan fingerprint density at radius 3 is 2.45 bits per heavy atom.